The minimum absolute atomic E-state index is 0. The number of hydrogen-bond acceptors (Lipinski definition) is 7. The largest absolute Gasteiger partial charge is 0.548 e. The van der Waals surface area contributed by atoms with Crippen molar-refractivity contribution in [2.75, 3.05) is 20.1 Å². The van der Waals surface area contributed by atoms with Gasteiger partial charge in [-0.25, -0.2) is 0 Å². The van der Waals surface area contributed by atoms with E-state index in [9.17, 15) is 34.5 Å². The smallest absolute Gasteiger partial charge is 0.270 e. The summed E-state index contributed by atoms with van der Waals surface area (Å²) in [6.07, 6.45) is 0. The molecule has 0 aliphatic rings. The lowest BCUT2D eigenvalue weighted by molar-refractivity contribution is -0.303. The summed E-state index contributed by atoms with van der Waals surface area (Å²) in [5.74, 6) is -5.65. The zero-order chi connectivity index (χ0) is 22.6. The molecule has 0 aliphatic carbocycles. The predicted molar refractivity (Wildman–Crippen MR) is 111 cm³/mol. The fraction of sp³-hybridized carbons (Fsp3) is 0.263. The number of amides is 2. The maximum atomic E-state index is 12.9. The monoisotopic (exact) mass is 454 g/mol. The number of rotatable bonds is 7. The average molecular weight is 455 g/mol. The molecule has 11 nitrogen and oxygen atoms in total. The van der Waals surface area contributed by atoms with Crippen LogP contribution in [0.5, 0.6) is 11.6 Å². The second-order valence-corrected chi connectivity index (χ2v) is 6.69. The molecule has 0 unspecified atom stereocenters. The molecule has 1 heterocycles. The molecule has 1 aromatic carbocycles. The number of aromatic nitrogens is 1. The SMILES string of the molecule is CCN(C)C(=O)c1c(O)c(C(=O)NCC(=O)[O-])c(=O)n(Cc2ccccc2Cl)c1O.[NH4+]. The Bertz CT molecular complexity index is 1070. The number of carbonyl (C=O) groups is 3. The Kier molecular flexibility index (Phi) is 8.59. The average Bonchev–Trinajstić information content (AvgIpc) is 2.70. The van der Waals surface area contributed by atoms with Gasteiger partial charge < -0.3 is 36.5 Å². The van der Waals surface area contributed by atoms with Crippen LogP contribution in [0.15, 0.2) is 29.1 Å². The molecule has 168 valence electrons. The summed E-state index contributed by atoms with van der Waals surface area (Å²) in [6.45, 7) is 0.593. The molecule has 0 saturated heterocycles. The molecule has 2 amide bonds. The summed E-state index contributed by atoms with van der Waals surface area (Å²) in [7, 11) is 1.39. The number of aromatic hydroxyl groups is 2. The van der Waals surface area contributed by atoms with Crippen molar-refractivity contribution in [1.82, 2.24) is 20.9 Å². The van der Waals surface area contributed by atoms with Gasteiger partial charge in [0.2, 0.25) is 5.88 Å². The van der Waals surface area contributed by atoms with E-state index in [0.717, 1.165) is 4.90 Å². The van der Waals surface area contributed by atoms with Crippen molar-refractivity contribution >= 4 is 29.4 Å². The quantitative estimate of drug-likeness (QED) is 0.449. The summed E-state index contributed by atoms with van der Waals surface area (Å²) < 4.78 is 0.700. The first-order valence-corrected chi connectivity index (χ1v) is 9.13. The second-order valence-electron chi connectivity index (χ2n) is 6.28. The Balaban J connectivity index is 0.00000480. The van der Waals surface area contributed by atoms with Crippen molar-refractivity contribution in [2.24, 2.45) is 0 Å². The van der Waals surface area contributed by atoms with Crippen molar-refractivity contribution in [1.29, 1.82) is 0 Å². The fourth-order valence-electron chi connectivity index (χ4n) is 2.62. The normalized spacial score (nSPS) is 10.2. The Hall–Kier alpha value is -3.57. The highest BCUT2D eigenvalue weighted by molar-refractivity contribution is 6.31. The third-order valence-corrected chi connectivity index (χ3v) is 4.72. The van der Waals surface area contributed by atoms with Gasteiger partial charge in [0.1, 0.15) is 11.1 Å². The molecular formula is C19H23ClN4O7. The van der Waals surface area contributed by atoms with Crippen LogP contribution in [-0.2, 0) is 11.3 Å². The summed E-state index contributed by atoms with van der Waals surface area (Å²) in [6, 6.07) is 6.39. The van der Waals surface area contributed by atoms with Crippen LogP contribution in [0.4, 0.5) is 0 Å². The molecular weight excluding hydrogens is 432 g/mol. The highest BCUT2D eigenvalue weighted by atomic mass is 35.5. The molecule has 0 aliphatic heterocycles. The van der Waals surface area contributed by atoms with Crippen LogP contribution >= 0.6 is 11.6 Å². The molecule has 0 atom stereocenters. The first kappa shape index (κ1) is 25.5. The predicted octanol–water partition coefficient (Wildman–Crippen LogP) is -0.0910. The van der Waals surface area contributed by atoms with Gasteiger partial charge in [-0.05, 0) is 18.6 Å². The number of carboxylic acids is 1. The number of quaternary nitrogens is 1. The summed E-state index contributed by atoms with van der Waals surface area (Å²) >= 11 is 6.10. The van der Waals surface area contributed by atoms with E-state index in [1.807, 2.05) is 5.32 Å². The van der Waals surface area contributed by atoms with Gasteiger partial charge in [0.05, 0.1) is 19.1 Å². The summed E-state index contributed by atoms with van der Waals surface area (Å²) in [5.41, 5.74) is -2.32. The molecule has 2 rings (SSSR count). The van der Waals surface area contributed by atoms with Crippen molar-refractivity contribution < 1.29 is 29.7 Å². The number of hydrogen-bond donors (Lipinski definition) is 4. The van der Waals surface area contributed by atoms with Crippen LogP contribution in [0, 0.1) is 0 Å². The fourth-order valence-corrected chi connectivity index (χ4v) is 2.81. The standard InChI is InChI=1S/C19H20ClN3O7.H3N/c1-3-22(2)17(28)14-15(26)13(16(27)21-8-12(24)25)18(29)23(19(14)30)9-10-6-4-5-7-11(10)20;/h4-7,26,30H,3,8-9H2,1-2H3,(H,21,27)(H,24,25);1H3. The summed E-state index contributed by atoms with van der Waals surface area (Å²) in [4.78, 5) is 49.7. The number of halogens is 1. The van der Waals surface area contributed by atoms with Gasteiger partial charge in [-0.15, -0.1) is 0 Å². The number of carboxylic acid groups (broad SMARTS) is 1. The van der Waals surface area contributed by atoms with E-state index in [2.05, 4.69) is 0 Å². The Labute approximate surface area is 182 Å². The van der Waals surface area contributed by atoms with Crippen molar-refractivity contribution in [2.45, 2.75) is 13.5 Å². The Morgan fingerprint density at radius 2 is 1.81 bits per heavy atom. The second kappa shape index (κ2) is 10.5. The molecule has 7 N–H and O–H groups in total. The minimum atomic E-state index is -1.62. The van der Waals surface area contributed by atoms with Crippen LogP contribution in [0.3, 0.4) is 0 Å². The molecule has 0 bridgehead atoms. The first-order chi connectivity index (χ1) is 14.1. The minimum Gasteiger partial charge on any atom is -0.548 e. The van der Waals surface area contributed by atoms with E-state index in [1.54, 1.807) is 31.2 Å². The third-order valence-electron chi connectivity index (χ3n) is 4.35. The number of aliphatic carboxylic acids is 1. The van der Waals surface area contributed by atoms with Crippen molar-refractivity contribution in [3.05, 3.63) is 56.3 Å². The van der Waals surface area contributed by atoms with Crippen LogP contribution in [0.2, 0.25) is 5.02 Å². The van der Waals surface area contributed by atoms with E-state index in [-0.39, 0.29) is 24.3 Å². The van der Waals surface area contributed by atoms with E-state index in [4.69, 9.17) is 11.6 Å². The van der Waals surface area contributed by atoms with Crippen LogP contribution in [-0.4, -0.2) is 57.6 Å². The first-order valence-electron chi connectivity index (χ1n) is 8.75. The van der Waals surface area contributed by atoms with Crippen molar-refractivity contribution in [3.8, 4) is 11.6 Å². The maximum Gasteiger partial charge on any atom is 0.270 e. The van der Waals surface area contributed by atoms with Crippen LogP contribution in [0.25, 0.3) is 0 Å². The van der Waals surface area contributed by atoms with Gasteiger partial charge in [-0.1, -0.05) is 29.8 Å². The van der Waals surface area contributed by atoms with Gasteiger partial charge in [-0.2, -0.15) is 0 Å². The van der Waals surface area contributed by atoms with Gasteiger partial charge >= 0.3 is 0 Å². The topological polar surface area (TPSA) is 188 Å². The highest BCUT2D eigenvalue weighted by Crippen LogP contribution is 2.30. The molecule has 0 radical (unpaired) electrons. The molecule has 0 fully saturated rings. The molecule has 1 aromatic heterocycles. The number of carbonyl (C=O) groups excluding carboxylic acids is 3. The van der Waals surface area contributed by atoms with E-state index >= 15 is 0 Å². The summed E-state index contributed by atoms with van der Waals surface area (Å²) in [5, 5.41) is 33.9. The van der Waals surface area contributed by atoms with Gasteiger partial charge in [-0.3, -0.25) is 19.0 Å². The van der Waals surface area contributed by atoms with E-state index in [0.29, 0.717) is 10.1 Å². The van der Waals surface area contributed by atoms with E-state index in [1.165, 1.54) is 7.05 Å². The molecule has 0 spiro atoms. The Morgan fingerprint density at radius 3 is 2.35 bits per heavy atom. The number of nitrogens with one attached hydrogen (secondary N) is 1. The van der Waals surface area contributed by atoms with E-state index < -0.39 is 52.6 Å². The van der Waals surface area contributed by atoms with Crippen molar-refractivity contribution in [3.63, 3.8) is 0 Å². The molecule has 0 saturated carbocycles. The Morgan fingerprint density at radius 1 is 1.19 bits per heavy atom. The van der Waals surface area contributed by atoms with Crippen LogP contribution in [0.1, 0.15) is 33.2 Å². The zero-order valence-electron chi connectivity index (χ0n) is 17.1. The lowest BCUT2D eigenvalue weighted by Crippen LogP contribution is -2.41. The number of pyridine rings is 1. The van der Waals surface area contributed by atoms with Gasteiger partial charge in [0.15, 0.2) is 5.75 Å². The highest BCUT2D eigenvalue weighted by Gasteiger charge is 2.31. The lowest BCUT2D eigenvalue weighted by atomic mass is 10.1. The lowest BCUT2D eigenvalue weighted by Gasteiger charge is -2.20. The number of nitrogens with zero attached hydrogens (tertiary/aromatic N) is 2. The molecule has 12 heteroatoms. The molecule has 31 heavy (non-hydrogen) atoms. The van der Waals surface area contributed by atoms with Gasteiger partial charge in [0, 0.05) is 18.6 Å². The zero-order valence-corrected chi connectivity index (χ0v) is 17.9. The maximum absolute atomic E-state index is 12.9. The molecule has 2 aromatic rings. The van der Waals surface area contributed by atoms with Crippen LogP contribution < -0.4 is 22.1 Å². The number of benzene rings is 1. The van der Waals surface area contributed by atoms with Gasteiger partial charge in [0.25, 0.3) is 17.4 Å². The third kappa shape index (κ3) is 5.32.